The van der Waals surface area contributed by atoms with E-state index in [0.717, 1.165) is 0 Å². The molecule has 0 unspecified atom stereocenters. The number of imidazole rings is 1. The third-order valence-electron chi connectivity index (χ3n) is 1.57. The zero-order valence-electron chi connectivity index (χ0n) is 7.28. The summed E-state index contributed by atoms with van der Waals surface area (Å²) >= 11 is 0. The van der Waals surface area contributed by atoms with Crippen LogP contribution in [0.15, 0.2) is 12.4 Å². The molecule has 1 aromatic heterocycles. The molecule has 0 aromatic carbocycles. The minimum atomic E-state index is -0.0175. The van der Waals surface area contributed by atoms with Gasteiger partial charge >= 0.3 is 0 Å². The molecule has 0 saturated heterocycles. The highest BCUT2D eigenvalue weighted by atomic mass is 16.5. The van der Waals surface area contributed by atoms with Crippen molar-refractivity contribution in [2.24, 2.45) is 0 Å². The van der Waals surface area contributed by atoms with Crippen molar-refractivity contribution in [1.82, 2.24) is 9.55 Å². The molecular formula is C8H12N2O2. The van der Waals surface area contributed by atoms with Crippen molar-refractivity contribution in [3.05, 3.63) is 18.2 Å². The highest BCUT2D eigenvalue weighted by Gasteiger charge is 2.05. The second-order valence-electron chi connectivity index (χ2n) is 2.49. The van der Waals surface area contributed by atoms with Gasteiger partial charge in [-0.05, 0) is 0 Å². The van der Waals surface area contributed by atoms with Crippen molar-refractivity contribution < 1.29 is 9.53 Å². The molecule has 0 amide bonds. The molecule has 1 aromatic rings. The normalized spacial score (nSPS) is 10.2. The quantitative estimate of drug-likeness (QED) is 0.622. The van der Waals surface area contributed by atoms with E-state index in [4.69, 9.17) is 4.74 Å². The Labute approximate surface area is 71.2 Å². The maximum atomic E-state index is 11.0. The summed E-state index contributed by atoms with van der Waals surface area (Å²) in [5.74, 6) is 0.475. The lowest BCUT2D eigenvalue weighted by Crippen LogP contribution is -2.10. The fourth-order valence-corrected chi connectivity index (χ4v) is 0.992. The van der Waals surface area contributed by atoms with E-state index >= 15 is 0 Å². The van der Waals surface area contributed by atoms with Crippen molar-refractivity contribution in [1.29, 1.82) is 0 Å². The SMILES string of the molecule is COCCn1ccnc1C(C)=O. The molecule has 4 nitrogen and oxygen atoms in total. The number of ketones is 1. The summed E-state index contributed by atoms with van der Waals surface area (Å²) in [6, 6.07) is 0. The first-order chi connectivity index (χ1) is 5.75. The summed E-state index contributed by atoms with van der Waals surface area (Å²) in [5, 5.41) is 0. The highest BCUT2D eigenvalue weighted by molar-refractivity contribution is 5.90. The van der Waals surface area contributed by atoms with Crippen molar-refractivity contribution in [2.45, 2.75) is 13.5 Å². The summed E-state index contributed by atoms with van der Waals surface area (Å²) in [7, 11) is 1.63. The lowest BCUT2D eigenvalue weighted by atomic mass is 10.4. The van der Waals surface area contributed by atoms with E-state index in [-0.39, 0.29) is 5.78 Å². The summed E-state index contributed by atoms with van der Waals surface area (Å²) < 4.78 is 6.67. The number of hydrogen-bond acceptors (Lipinski definition) is 3. The fourth-order valence-electron chi connectivity index (χ4n) is 0.992. The van der Waals surface area contributed by atoms with Crippen LogP contribution in [-0.2, 0) is 11.3 Å². The number of rotatable bonds is 4. The summed E-state index contributed by atoms with van der Waals surface area (Å²) in [4.78, 5) is 14.9. The number of methoxy groups -OCH3 is 1. The first kappa shape index (κ1) is 8.93. The molecule has 0 radical (unpaired) electrons. The molecule has 0 saturated carbocycles. The second kappa shape index (κ2) is 4.01. The maximum absolute atomic E-state index is 11.0. The molecule has 0 aliphatic rings. The molecule has 1 rings (SSSR count). The largest absolute Gasteiger partial charge is 0.383 e. The predicted octanol–water partition coefficient (Wildman–Crippen LogP) is 0.732. The van der Waals surface area contributed by atoms with Crippen LogP contribution in [0.4, 0.5) is 0 Å². The van der Waals surface area contributed by atoms with Crippen LogP contribution in [0.3, 0.4) is 0 Å². The summed E-state index contributed by atoms with van der Waals surface area (Å²) in [6.45, 7) is 2.77. The van der Waals surface area contributed by atoms with Crippen molar-refractivity contribution in [3.63, 3.8) is 0 Å². The summed E-state index contributed by atoms with van der Waals surface area (Å²) in [6.07, 6.45) is 3.39. The van der Waals surface area contributed by atoms with E-state index in [1.165, 1.54) is 6.92 Å². The molecule has 0 aliphatic heterocycles. The van der Waals surface area contributed by atoms with Gasteiger partial charge in [0.2, 0.25) is 0 Å². The van der Waals surface area contributed by atoms with E-state index in [9.17, 15) is 4.79 Å². The van der Waals surface area contributed by atoms with Gasteiger partial charge in [0.15, 0.2) is 11.6 Å². The average Bonchev–Trinajstić information content (AvgIpc) is 2.48. The van der Waals surface area contributed by atoms with Crippen LogP contribution >= 0.6 is 0 Å². The lowest BCUT2D eigenvalue weighted by Gasteiger charge is -2.03. The third-order valence-corrected chi connectivity index (χ3v) is 1.57. The number of aromatic nitrogens is 2. The first-order valence-corrected chi connectivity index (χ1v) is 3.76. The smallest absolute Gasteiger partial charge is 0.195 e. The highest BCUT2D eigenvalue weighted by Crippen LogP contribution is 1.98. The fraction of sp³-hybridized carbons (Fsp3) is 0.500. The van der Waals surface area contributed by atoms with E-state index < -0.39 is 0 Å². The van der Waals surface area contributed by atoms with E-state index in [1.54, 1.807) is 24.1 Å². The van der Waals surface area contributed by atoms with Crippen LogP contribution in [0.2, 0.25) is 0 Å². The number of carbonyl (C=O) groups excluding carboxylic acids is 1. The van der Waals surface area contributed by atoms with Crippen LogP contribution in [0.1, 0.15) is 17.5 Å². The molecule has 0 spiro atoms. The summed E-state index contributed by atoms with van der Waals surface area (Å²) in [5.41, 5.74) is 0. The Hall–Kier alpha value is -1.16. The molecule has 0 aliphatic carbocycles. The topological polar surface area (TPSA) is 44.1 Å². The molecule has 66 valence electrons. The van der Waals surface area contributed by atoms with E-state index in [1.807, 2.05) is 0 Å². The first-order valence-electron chi connectivity index (χ1n) is 3.76. The molecule has 0 N–H and O–H groups in total. The molecular weight excluding hydrogens is 156 g/mol. The van der Waals surface area contributed by atoms with Crippen molar-refractivity contribution in [3.8, 4) is 0 Å². The molecule has 12 heavy (non-hydrogen) atoms. The Balaban J connectivity index is 2.70. The Morgan fingerprint density at radius 1 is 1.75 bits per heavy atom. The van der Waals surface area contributed by atoms with Gasteiger partial charge < -0.3 is 9.30 Å². The van der Waals surface area contributed by atoms with Gasteiger partial charge in [-0.15, -0.1) is 0 Å². The van der Waals surface area contributed by atoms with E-state index in [0.29, 0.717) is 19.0 Å². The van der Waals surface area contributed by atoms with Crippen LogP contribution in [0.5, 0.6) is 0 Å². The number of Topliss-reactive ketones (excluding diaryl/α,β-unsaturated/α-hetero) is 1. The van der Waals surface area contributed by atoms with Crippen molar-refractivity contribution >= 4 is 5.78 Å². The number of ether oxygens (including phenoxy) is 1. The Morgan fingerprint density at radius 2 is 2.50 bits per heavy atom. The van der Waals surface area contributed by atoms with Gasteiger partial charge in [0.05, 0.1) is 6.61 Å². The van der Waals surface area contributed by atoms with E-state index in [2.05, 4.69) is 4.98 Å². The Kier molecular flexibility index (Phi) is 2.99. The second-order valence-corrected chi connectivity index (χ2v) is 2.49. The molecule has 0 bridgehead atoms. The maximum Gasteiger partial charge on any atom is 0.195 e. The lowest BCUT2D eigenvalue weighted by molar-refractivity contribution is 0.0996. The number of carbonyl (C=O) groups is 1. The standard InChI is InChI=1S/C8H12N2O2/c1-7(11)8-9-3-4-10(8)5-6-12-2/h3-4H,5-6H2,1-2H3. The minimum absolute atomic E-state index is 0.0175. The van der Waals surface area contributed by atoms with Gasteiger partial charge in [-0.1, -0.05) is 0 Å². The average molecular weight is 168 g/mol. The van der Waals surface area contributed by atoms with Crippen LogP contribution < -0.4 is 0 Å². The number of nitrogens with zero attached hydrogens (tertiary/aromatic N) is 2. The minimum Gasteiger partial charge on any atom is -0.383 e. The predicted molar refractivity (Wildman–Crippen MR) is 44.1 cm³/mol. The van der Waals surface area contributed by atoms with Crippen LogP contribution in [0, 0.1) is 0 Å². The molecule has 1 heterocycles. The van der Waals surface area contributed by atoms with Gasteiger partial charge in [-0.3, -0.25) is 4.79 Å². The number of hydrogen-bond donors (Lipinski definition) is 0. The van der Waals surface area contributed by atoms with Crippen LogP contribution in [0.25, 0.3) is 0 Å². The molecule has 0 fully saturated rings. The van der Waals surface area contributed by atoms with Gasteiger partial charge in [0.1, 0.15) is 0 Å². The zero-order valence-corrected chi connectivity index (χ0v) is 7.28. The monoisotopic (exact) mass is 168 g/mol. The molecule has 4 heteroatoms. The molecule has 0 atom stereocenters. The van der Waals surface area contributed by atoms with Gasteiger partial charge in [-0.25, -0.2) is 4.98 Å². The van der Waals surface area contributed by atoms with Crippen molar-refractivity contribution in [2.75, 3.05) is 13.7 Å². The third kappa shape index (κ3) is 1.92. The van der Waals surface area contributed by atoms with Gasteiger partial charge in [-0.2, -0.15) is 0 Å². The van der Waals surface area contributed by atoms with Gasteiger partial charge in [0.25, 0.3) is 0 Å². The zero-order chi connectivity index (χ0) is 8.97. The van der Waals surface area contributed by atoms with Gasteiger partial charge in [0, 0.05) is 33.0 Å². The van der Waals surface area contributed by atoms with Crippen LogP contribution in [-0.4, -0.2) is 29.1 Å². The Morgan fingerprint density at radius 3 is 3.08 bits per heavy atom. The Bertz CT molecular complexity index is 268.